The maximum Gasteiger partial charge on any atom is 0.0593 e. The van der Waals surface area contributed by atoms with Gasteiger partial charge in [0.05, 0.1) is 6.04 Å². The molecule has 0 saturated heterocycles. The van der Waals surface area contributed by atoms with Crippen molar-refractivity contribution in [2.75, 3.05) is 11.9 Å². The van der Waals surface area contributed by atoms with Crippen LogP contribution < -0.4 is 10.6 Å². The van der Waals surface area contributed by atoms with Crippen LogP contribution in [0.5, 0.6) is 0 Å². The Morgan fingerprint density at radius 2 is 1.31 bits per heavy atom. The van der Waals surface area contributed by atoms with Crippen molar-refractivity contribution in [1.82, 2.24) is 0 Å². The van der Waals surface area contributed by atoms with E-state index in [9.17, 15) is 0 Å². The molecule has 0 aliphatic carbocycles. The van der Waals surface area contributed by atoms with Gasteiger partial charge in [0, 0.05) is 18.4 Å². The van der Waals surface area contributed by atoms with Gasteiger partial charge in [0.1, 0.15) is 0 Å². The Hall–Kier alpha value is -1.80. The summed E-state index contributed by atoms with van der Waals surface area (Å²) in [6.07, 6.45) is 0. The molecule has 0 fully saturated rings. The Morgan fingerprint density at radius 3 is 1.81 bits per heavy atom. The molecule has 2 N–H and O–H groups in total. The highest BCUT2D eigenvalue weighted by Gasteiger charge is 2.24. The molecule has 0 bridgehead atoms. The highest BCUT2D eigenvalue weighted by molar-refractivity contribution is 5.75. The zero-order chi connectivity index (χ0) is 11.1. The fourth-order valence-electron chi connectivity index (χ4n) is 2.41. The van der Waals surface area contributed by atoms with Gasteiger partial charge in [-0.25, -0.2) is 0 Å². The second-order valence-electron chi connectivity index (χ2n) is 4.15. The molecule has 16 heavy (non-hydrogen) atoms. The zero-order valence-corrected chi connectivity index (χ0v) is 9.22. The van der Waals surface area contributed by atoms with Crippen LogP contribution in [-0.2, 0) is 0 Å². The van der Waals surface area contributed by atoms with Gasteiger partial charge in [-0.05, 0) is 23.3 Å². The summed E-state index contributed by atoms with van der Waals surface area (Å²) in [7, 11) is 2.09. The van der Waals surface area contributed by atoms with Crippen LogP contribution in [-0.4, -0.2) is 7.05 Å². The summed E-state index contributed by atoms with van der Waals surface area (Å²) in [6, 6.07) is 16.6. The Balaban J connectivity index is 2.26. The number of benzene rings is 2. The van der Waals surface area contributed by atoms with Crippen molar-refractivity contribution in [2.24, 2.45) is 5.73 Å². The minimum absolute atomic E-state index is 0.0106. The van der Waals surface area contributed by atoms with E-state index in [1.807, 2.05) is 12.1 Å². The molecule has 1 aliphatic heterocycles. The maximum atomic E-state index is 6.29. The molecule has 0 aromatic heterocycles. The first-order valence-corrected chi connectivity index (χ1v) is 5.46. The summed E-state index contributed by atoms with van der Waals surface area (Å²) < 4.78 is 0. The van der Waals surface area contributed by atoms with Crippen LogP contribution in [0, 0.1) is 0 Å². The number of hydrogen-bond donors (Lipinski definition) is 1. The molecule has 3 rings (SSSR count). The first-order valence-electron chi connectivity index (χ1n) is 5.46. The lowest BCUT2D eigenvalue weighted by atomic mass is 9.92. The molecule has 0 radical (unpaired) electrons. The number of nitrogens with two attached hydrogens (primary N) is 1. The van der Waals surface area contributed by atoms with E-state index in [0.29, 0.717) is 0 Å². The van der Waals surface area contributed by atoms with Gasteiger partial charge in [0.15, 0.2) is 0 Å². The average Bonchev–Trinajstić information content (AvgIpc) is 2.36. The summed E-state index contributed by atoms with van der Waals surface area (Å²) >= 11 is 0. The van der Waals surface area contributed by atoms with E-state index >= 15 is 0 Å². The standard InChI is InChI=1S/C14H14N2/c1-16-12-8-4-2-6-10(12)14(15)11-7-3-5-9-13(11)16/h2-9,14H,15H2,1H3. The predicted molar refractivity (Wildman–Crippen MR) is 67.0 cm³/mol. The Morgan fingerprint density at radius 1 is 0.875 bits per heavy atom. The highest BCUT2D eigenvalue weighted by Crippen LogP contribution is 2.41. The quantitative estimate of drug-likeness (QED) is 0.724. The lowest BCUT2D eigenvalue weighted by Gasteiger charge is -2.33. The minimum Gasteiger partial charge on any atom is -0.344 e. The van der Waals surface area contributed by atoms with E-state index in [0.717, 1.165) is 0 Å². The fourth-order valence-corrected chi connectivity index (χ4v) is 2.41. The largest absolute Gasteiger partial charge is 0.344 e. The first-order chi connectivity index (χ1) is 7.79. The van der Waals surface area contributed by atoms with Crippen LogP contribution in [0.1, 0.15) is 17.2 Å². The second kappa shape index (κ2) is 3.35. The zero-order valence-electron chi connectivity index (χ0n) is 9.22. The molecule has 0 saturated carbocycles. The summed E-state index contributed by atoms with van der Waals surface area (Å²) in [5.41, 5.74) is 11.1. The highest BCUT2D eigenvalue weighted by atomic mass is 15.1. The summed E-state index contributed by atoms with van der Waals surface area (Å²) in [5, 5.41) is 0. The normalized spacial score (nSPS) is 14.5. The Bertz CT molecular complexity index is 438. The molecule has 2 aromatic carbocycles. The van der Waals surface area contributed by atoms with E-state index in [2.05, 4.69) is 48.3 Å². The molecule has 0 spiro atoms. The van der Waals surface area contributed by atoms with Gasteiger partial charge >= 0.3 is 0 Å². The fraction of sp³-hybridized carbons (Fsp3) is 0.143. The third kappa shape index (κ3) is 1.17. The molecule has 1 heterocycles. The molecule has 1 aliphatic rings. The SMILES string of the molecule is CN1c2ccccc2C(N)c2ccccc21. The molecule has 80 valence electrons. The number of hydrogen-bond acceptors (Lipinski definition) is 2. The number of rotatable bonds is 0. The van der Waals surface area contributed by atoms with E-state index < -0.39 is 0 Å². The molecule has 2 heteroatoms. The summed E-state index contributed by atoms with van der Waals surface area (Å²) in [4.78, 5) is 2.20. The number of anilines is 2. The molecule has 0 amide bonds. The number of nitrogens with zero attached hydrogens (tertiary/aromatic N) is 1. The van der Waals surface area contributed by atoms with E-state index in [-0.39, 0.29) is 6.04 Å². The minimum atomic E-state index is -0.0106. The van der Waals surface area contributed by atoms with Crippen LogP contribution in [0.2, 0.25) is 0 Å². The predicted octanol–water partition coefficient (Wildman–Crippen LogP) is 2.82. The van der Waals surface area contributed by atoms with Gasteiger partial charge < -0.3 is 10.6 Å². The molecule has 0 unspecified atom stereocenters. The van der Waals surface area contributed by atoms with Gasteiger partial charge in [0.25, 0.3) is 0 Å². The van der Waals surface area contributed by atoms with Crippen LogP contribution >= 0.6 is 0 Å². The molecular formula is C14H14N2. The second-order valence-corrected chi connectivity index (χ2v) is 4.15. The third-order valence-electron chi connectivity index (χ3n) is 3.27. The smallest absolute Gasteiger partial charge is 0.0593 e. The monoisotopic (exact) mass is 210 g/mol. The van der Waals surface area contributed by atoms with E-state index in [1.165, 1.54) is 22.5 Å². The van der Waals surface area contributed by atoms with Crippen LogP contribution in [0.15, 0.2) is 48.5 Å². The van der Waals surface area contributed by atoms with Gasteiger partial charge in [-0.15, -0.1) is 0 Å². The van der Waals surface area contributed by atoms with E-state index in [4.69, 9.17) is 5.73 Å². The van der Waals surface area contributed by atoms with Crippen LogP contribution in [0.25, 0.3) is 0 Å². The first kappa shape index (κ1) is 9.43. The van der Waals surface area contributed by atoms with Crippen molar-refractivity contribution in [2.45, 2.75) is 6.04 Å². The van der Waals surface area contributed by atoms with Crippen LogP contribution in [0.4, 0.5) is 11.4 Å². The van der Waals surface area contributed by atoms with E-state index in [1.54, 1.807) is 0 Å². The molecule has 2 aromatic rings. The molecule has 0 atom stereocenters. The lowest BCUT2D eigenvalue weighted by molar-refractivity contribution is 0.841. The van der Waals surface area contributed by atoms with Gasteiger partial charge in [0.2, 0.25) is 0 Å². The van der Waals surface area contributed by atoms with Crippen molar-refractivity contribution in [1.29, 1.82) is 0 Å². The van der Waals surface area contributed by atoms with Gasteiger partial charge in [-0.1, -0.05) is 36.4 Å². The average molecular weight is 210 g/mol. The summed E-state index contributed by atoms with van der Waals surface area (Å²) in [5.74, 6) is 0. The van der Waals surface area contributed by atoms with Crippen molar-refractivity contribution in [3.63, 3.8) is 0 Å². The number of para-hydroxylation sites is 2. The van der Waals surface area contributed by atoms with Gasteiger partial charge in [-0.3, -0.25) is 0 Å². The lowest BCUT2D eigenvalue weighted by Crippen LogP contribution is -2.25. The van der Waals surface area contributed by atoms with Crippen molar-refractivity contribution < 1.29 is 0 Å². The molecular weight excluding hydrogens is 196 g/mol. The summed E-state index contributed by atoms with van der Waals surface area (Å²) in [6.45, 7) is 0. The topological polar surface area (TPSA) is 29.3 Å². The number of fused-ring (bicyclic) bond motifs is 2. The van der Waals surface area contributed by atoms with Crippen molar-refractivity contribution >= 4 is 11.4 Å². The van der Waals surface area contributed by atoms with Crippen molar-refractivity contribution in [3.8, 4) is 0 Å². The third-order valence-corrected chi connectivity index (χ3v) is 3.27. The maximum absolute atomic E-state index is 6.29. The van der Waals surface area contributed by atoms with Gasteiger partial charge in [-0.2, -0.15) is 0 Å². The Labute approximate surface area is 95.3 Å². The Kier molecular flexibility index (Phi) is 1.98. The van der Waals surface area contributed by atoms with Crippen LogP contribution in [0.3, 0.4) is 0 Å². The van der Waals surface area contributed by atoms with Crippen molar-refractivity contribution in [3.05, 3.63) is 59.7 Å². The molecule has 2 nitrogen and oxygen atoms in total.